The Balaban J connectivity index is 1.92. The number of aromatic hydroxyl groups is 1. The van der Waals surface area contributed by atoms with Crippen LogP contribution >= 0.6 is 11.3 Å². The van der Waals surface area contributed by atoms with Gasteiger partial charge in [0, 0.05) is 17.0 Å². The van der Waals surface area contributed by atoms with Gasteiger partial charge in [-0.15, -0.1) is 11.3 Å². The molecule has 1 aromatic heterocycles. The highest BCUT2D eigenvalue weighted by atomic mass is 32.1. The molecule has 1 N–H and O–H groups in total. The molecule has 0 atom stereocenters. The zero-order valence-electron chi connectivity index (χ0n) is 15.0. The van der Waals surface area contributed by atoms with Crippen LogP contribution in [0.1, 0.15) is 23.7 Å². The van der Waals surface area contributed by atoms with Gasteiger partial charge in [-0.3, -0.25) is 0 Å². The number of thiazole rings is 1. The Hall–Kier alpha value is -2.86. The summed E-state index contributed by atoms with van der Waals surface area (Å²) in [4.78, 5) is 5.43. The summed E-state index contributed by atoms with van der Waals surface area (Å²) in [7, 11) is 0. The molecule has 2 aromatic carbocycles. The fourth-order valence-corrected chi connectivity index (χ4v) is 3.17. The average molecular weight is 367 g/mol. The van der Waals surface area contributed by atoms with E-state index in [1.807, 2.05) is 56.5 Å². The number of rotatable bonds is 5. The first-order valence-electron chi connectivity index (χ1n) is 8.35. The van der Waals surface area contributed by atoms with Gasteiger partial charge in [-0.25, -0.2) is 9.67 Å². The lowest BCUT2D eigenvalue weighted by Crippen LogP contribution is -2.11. The van der Waals surface area contributed by atoms with Crippen molar-refractivity contribution in [2.45, 2.75) is 20.8 Å². The van der Waals surface area contributed by atoms with Gasteiger partial charge in [0.2, 0.25) is 4.80 Å². The van der Waals surface area contributed by atoms with E-state index in [1.165, 1.54) is 16.9 Å². The number of nitrogens with zero attached hydrogens (tertiary/aromatic N) is 3. The van der Waals surface area contributed by atoms with Gasteiger partial charge in [-0.2, -0.15) is 5.10 Å². The first kappa shape index (κ1) is 17.9. The molecule has 3 aromatic rings. The lowest BCUT2D eigenvalue weighted by Gasteiger charge is -2.05. The van der Waals surface area contributed by atoms with E-state index >= 15 is 0 Å². The van der Waals surface area contributed by atoms with Gasteiger partial charge < -0.3 is 9.84 Å². The van der Waals surface area contributed by atoms with E-state index < -0.39 is 0 Å². The molecule has 0 aliphatic carbocycles. The summed E-state index contributed by atoms with van der Waals surface area (Å²) in [5.74, 6) is 0.766. The highest BCUT2D eigenvalue weighted by molar-refractivity contribution is 7.07. The van der Waals surface area contributed by atoms with E-state index in [0.29, 0.717) is 17.9 Å². The standard InChI is InChI=1S/C20H21N3O2S/c1-4-25-18-10-7-16(19(24)11-18)12-21-23-15(3)13-26-20(23)22-17-8-5-14(2)6-9-17/h5-13,24H,4H2,1-3H3. The third kappa shape index (κ3) is 4.21. The summed E-state index contributed by atoms with van der Waals surface area (Å²) in [6.07, 6.45) is 1.62. The number of benzene rings is 2. The largest absolute Gasteiger partial charge is 0.507 e. The predicted molar refractivity (Wildman–Crippen MR) is 106 cm³/mol. The first-order chi connectivity index (χ1) is 12.6. The molecule has 0 spiro atoms. The summed E-state index contributed by atoms with van der Waals surface area (Å²) in [5, 5.41) is 16.6. The Morgan fingerprint density at radius 1 is 1.15 bits per heavy atom. The molecule has 134 valence electrons. The van der Waals surface area contributed by atoms with Crippen molar-refractivity contribution in [2.75, 3.05) is 6.61 Å². The van der Waals surface area contributed by atoms with Crippen LogP contribution in [0.3, 0.4) is 0 Å². The van der Waals surface area contributed by atoms with E-state index in [9.17, 15) is 5.11 Å². The monoisotopic (exact) mass is 367 g/mol. The molecule has 0 saturated heterocycles. The van der Waals surface area contributed by atoms with Gasteiger partial charge in [0.25, 0.3) is 0 Å². The van der Waals surface area contributed by atoms with Crippen molar-refractivity contribution in [1.82, 2.24) is 4.68 Å². The third-order valence-electron chi connectivity index (χ3n) is 3.73. The fraction of sp³-hybridized carbons (Fsp3) is 0.200. The molecule has 0 amide bonds. The van der Waals surface area contributed by atoms with Crippen LogP contribution < -0.4 is 9.54 Å². The van der Waals surface area contributed by atoms with Crippen LogP contribution in [-0.2, 0) is 0 Å². The van der Waals surface area contributed by atoms with Gasteiger partial charge in [0.1, 0.15) is 11.5 Å². The maximum Gasteiger partial charge on any atom is 0.211 e. The molecular formula is C20H21N3O2S. The Labute approximate surface area is 156 Å². The van der Waals surface area contributed by atoms with E-state index in [0.717, 1.165) is 16.2 Å². The molecule has 0 saturated carbocycles. The minimum absolute atomic E-state index is 0.130. The predicted octanol–water partition coefficient (Wildman–Crippen LogP) is 4.39. The zero-order valence-corrected chi connectivity index (χ0v) is 15.8. The van der Waals surface area contributed by atoms with Crippen LogP contribution in [0.2, 0.25) is 0 Å². The number of aryl methyl sites for hydroxylation is 2. The Morgan fingerprint density at radius 3 is 2.62 bits per heavy atom. The maximum absolute atomic E-state index is 10.1. The summed E-state index contributed by atoms with van der Waals surface area (Å²) in [6.45, 7) is 6.48. The van der Waals surface area contributed by atoms with Gasteiger partial charge in [-0.05, 0) is 45.0 Å². The normalized spacial score (nSPS) is 12.0. The second-order valence-electron chi connectivity index (χ2n) is 5.82. The van der Waals surface area contributed by atoms with Crippen molar-refractivity contribution in [1.29, 1.82) is 0 Å². The van der Waals surface area contributed by atoms with Crippen LogP contribution in [0.5, 0.6) is 11.5 Å². The van der Waals surface area contributed by atoms with Gasteiger partial charge in [0.15, 0.2) is 0 Å². The van der Waals surface area contributed by atoms with Crippen LogP contribution in [-0.4, -0.2) is 22.6 Å². The molecule has 5 nitrogen and oxygen atoms in total. The molecule has 0 unspecified atom stereocenters. The van der Waals surface area contributed by atoms with Crippen LogP contribution in [0, 0.1) is 13.8 Å². The van der Waals surface area contributed by atoms with Gasteiger partial charge in [-0.1, -0.05) is 17.7 Å². The number of aromatic nitrogens is 1. The summed E-state index contributed by atoms with van der Waals surface area (Å²) in [6, 6.07) is 13.2. The Bertz CT molecular complexity index is 985. The third-order valence-corrected chi connectivity index (χ3v) is 4.67. The molecule has 1 heterocycles. The van der Waals surface area contributed by atoms with E-state index in [1.54, 1.807) is 23.0 Å². The van der Waals surface area contributed by atoms with Crippen molar-refractivity contribution in [3.8, 4) is 11.5 Å². The minimum atomic E-state index is 0.130. The Kier molecular flexibility index (Phi) is 5.53. The van der Waals surface area contributed by atoms with Crippen molar-refractivity contribution in [3.63, 3.8) is 0 Å². The molecule has 0 radical (unpaired) electrons. The van der Waals surface area contributed by atoms with Gasteiger partial charge >= 0.3 is 0 Å². The molecule has 0 fully saturated rings. The van der Waals surface area contributed by atoms with Crippen LogP contribution in [0.4, 0.5) is 5.69 Å². The topological polar surface area (TPSA) is 59.1 Å². The smallest absolute Gasteiger partial charge is 0.211 e. The molecule has 3 rings (SSSR count). The Morgan fingerprint density at radius 2 is 1.92 bits per heavy atom. The lowest BCUT2D eigenvalue weighted by molar-refractivity contribution is 0.337. The molecule has 0 aliphatic heterocycles. The summed E-state index contributed by atoms with van der Waals surface area (Å²) < 4.78 is 7.15. The lowest BCUT2D eigenvalue weighted by atomic mass is 10.2. The maximum atomic E-state index is 10.1. The van der Waals surface area contributed by atoms with Crippen LogP contribution in [0.15, 0.2) is 57.9 Å². The highest BCUT2D eigenvalue weighted by Crippen LogP contribution is 2.22. The zero-order chi connectivity index (χ0) is 18.5. The van der Waals surface area contributed by atoms with Crippen molar-refractivity contribution < 1.29 is 9.84 Å². The average Bonchev–Trinajstić information content (AvgIpc) is 2.96. The van der Waals surface area contributed by atoms with Crippen molar-refractivity contribution >= 4 is 23.2 Å². The van der Waals surface area contributed by atoms with E-state index in [4.69, 9.17) is 4.74 Å². The summed E-state index contributed by atoms with van der Waals surface area (Å²) in [5.41, 5.74) is 3.67. The molecule has 26 heavy (non-hydrogen) atoms. The number of phenols is 1. The van der Waals surface area contributed by atoms with Crippen LogP contribution in [0.25, 0.3) is 0 Å². The number of hydrogen-bond donors (Lipinski definition) is 1. The summed E-state index contributed by atoms with van der Waals surface area (Å²) >= 11 is 1.52. The van der Waals surface area contributed by atoms with E-state index in [-0.39, 0.29) is 5.75 Å². The second-order valence-corrected chi connectivity index (χ2v) is 6.65. The second kappa shape index (κ2) is 8.01. The van der Waals surface area contributed by atoms with Gasteiger partial charge in [0.05, 0.1) is 24.2 Å². The number of hydrogen-bond acceptors (Lipinski definition) is 5. The fourth-order valence-electron chi connectivity index (χ4n) is 2.34. The minimum Gasteiger partial charge on any atom is -0.507 e. The van der Waals surface area contributed by atoms with Crippen molar-refractivity contribution in [3.05, 3.63) is 69.5 Å². The molecule has 0 aliphatic rings. The first-order valence-corrected chi connectivity index (χ1v) is 9.23. The number of ether oxygens (including phenoxy) is 1. The van der Waals surface area contributed by atoms with Crippen molar-refractivity contribution in [2.24, 2.45) is 10.1 Å². The highest BCUT2D eigenvalue weighted by Gasteiger charge is 2.03. The molecule has 0 bridgehead atoms. The SMILES string of the molecule is CCOc1ccc(C=Nn2c(C)csc2=Nc2ccc(C)cc2)c(O)c1. The quantitative estimate of drug-likeness (QED) is 0.680. The molecule has 6 heteroatoms. The number of phenolic OH excluding ortho intramolecular Hbond substituents is 1. The van der Waals surface area contributed by atoms with E-state index in [2.05, 4.69) is 10.1 Å². The molecular weight excluding hydrogens is 346 g/mol.